The van der Waals surface area contributed by atoms with Crippen molar-refractivity contribution in [2.75, 3.05) is 4.90 Å². The first-order valence-electron chi connectivity index (χ1n) is 18.7. The van der Waals surface area contributed by atoms with Gasteiger partial charge in [0.2, 0.25) is 0 Å². The SMILES string of the molecule is c1ccc(-c2ccc3c(c2)Sc2cc(-c4cccc5ccccc45)ccc2N3c2ccc(-c3ccc(-c4cccc5c4oc4ccccc45)cc3)cc2)cc1. The molecular formula is C52H33NOS. The predicted octanol–water partition coefficient (Wildman–Crippen LogP) is 15.3. The Morgan fingerprint density at radius 2 is 0.909 bits per heavy atom. The van der Waals surface area contributed by atoms with Crippen LogP contribution in [0.1, 0.15) is 0 Å². The molecule has 10 aromatic rings. The fraction of sp³-hybridized carbons (Fsp3) is 0. The zero-order valence-electron chi connectivity index (χ0n) is 29.8. The lowest BCUT2D eigenvalue weighted by Gasteiger charge is -2.33. The van der Waals surface area contributed by atoms with Crippen LogP contribution in [0.5, 0.6) is 0 Å². The molecule has 0 fully saturated rings. The van der Waals surface area contributed by atoms with Gasteiger partial charge in [-0.05, 0) is 92.2 Å². The van der Waals surface area contributed by atoms with Crippen LogP contribution in [0.3, 0.4) is 0 Å². The third-order valence-corrected chi connectivity index (χ3v) is 12.0. The topological polar surface area (TPSA) is 16.4 Å². The molecule has 11 rings (SSSR count). The van der Waals surface area contributed by atoms with E-state index in [-0.39, 0.29) is 0 Å². The van der Waals surface area contributed by atoms with Gasteiger partial charge in [0.1, 0.15) is 11.2 Å². The number of para-hydroxylation sites is 2. The minimum Gasteiger partial charge on any atom is -0.455 e. The quantitative estimate of drug-likeness (QED) is 0.176. The zero-order valence-corrected chi connectivity index (χ0v) is 30.6. The van der Waals surface area contributed by atoms with Crippen LogP contribution in [0.2, 0.25) is 0 Å². The van der Waals surface area contributed by atoms with E-state index in [1.807, 2.05) is 23.9 Å². The molecule has 0 saturated carbocycles. The maximum absolute atomic E-state index is 6.34. The lowest BCUT2D eigenvalue weighted by molar-refractivity contribution is 0.670. The van der Waals surface area contributed by atoms with Crippen molar-refractivity contribution in [3.8, 4) is 44.5 Å². The third-order valence-electron chi connectivity index (χ3n) is 10.9. The average molecular weight is 720 g/mol. The minimum absolute atomic E-state index is 0.918. The van der Waals surface area contributed by atoms with Gasteiger partial charge in [0.05, 0.1) is 11.4 Å². The van der Waals surface area contributed by atoms with Crippen LogP contribution in [-0.4, -0.2) is 0 Å². The summed E-state index contributed by atoms with van der Waals surface area (Å²) in [6, 6.07) is 72.2. The lowest BCUT2D eigenvalue weighted by atomic mass is 9.97. The van der Waals surface area contributed by atoms with Crippen molar-refractivity contribution in [1.82, 2.24) is 0 Å². The van der Waals surface area contributed by atoms with Gasteiger partial charge in [-0.2, -0.15) is 0 Å². The molecule has 0 radical (unpaired) electrons. The van der Waals surface area contributed by atoms with E-state index in [4.69, 9.17) is 4.42 Å². The van der Waals surface area contributed by atoms with Crippen molar-refractivity contribution in [2.24, 2.45) is 0 Å². The molecule has 2 heterocycles. The van der Waals surface area contributed by atoms with Gasteiger partial charge in [0.15, 0.2) is 0 Å². The Kier molecular flexibility index (Phi) is 7.46. The van der Waals surface area contributed by atoms with Gasteiger partial charge >= 0.3 is 0 Å². The van der Waals surface area contributed by atoms with E-state index < -0.39 is 0 Å². The summed E-state index contributed by atoms with van der Waals surface area (Å²) in [6.45, 7) is 0. The van der Waals surface area contributed by atoms with Crippen molar-refractivity contribution >= 4 is 61.5 Å². The molecule has 1 aliphatic heterocycles. The van der Waals surface area contributed by atoms with Crippen LogP contribution in [0.25, 0.3) is 77.2 Å². The average Bonchev–Trinajstić information content (AvgIpc) is 3.64. The van der Waals surface area contributed by atoms with Crippen molar-refractivity contribution in [3.63, 3.8) is 0 Å². The van der Waals surface area contributed by atoms with E-state index in [9.17, 15) is 0 Å². The number of fused-ring (bicyclic) bond motifs is 6. The van der Waals surface area contributed by atoms with Gasteiger partial charge in [-0.15, -0.1) is 0 Å². The van der Waals surface area contributed by atoms with E-state index in [1.54, 1.807) is 0 Å². The van der Waals surface area contributed by atoms with Gasteiger partial charge in [-0.3, -0.25) is 0 Å². The second-order valence-corrected chi connectivity index (χ2v) is 15.2. The van der Waals surface area contributed by atoms with E-state index in [0.717, 1.165) is 38.8 Å². The largest absolute Gasteiger partial charge is 0.455 e. The van der Waals surface area contributed by atoms with E-state index in [0.29, 0.717) is 0 Å². The van der Waals surface area contributed by atoms with Gasteiger partial charge in [0, 0.05) is 31.8 Å². The number of rotatable bonds is 5. The first-order chi connectivity index (χ1) is 27.2. The highest BCUT2D eigenvalue weighted by Gasteiger charge is 2.26. The number of anilines is 3. The molecule has 0 atom stereocenters. The summed E-state index contributed by atoms with van der Waals surface area (Å²) in [5.41, 5.74) is 14.9. The highest BCUT2D eigenvalue weighted by Crippen LogP contribution is 2.53. The molecule has 0 aliphatic carbocycles. The molecule has 55 heavy (non-hydrogen) atoms. The first-order valence-corrected chi connectivity index (χ1v) is 19.5. The Hall–Kier alpha value is -6.81. The number of nitrogens with zero attached hydrogens (tertiary/aromatic N) is 1. The Labute approximate surface area is 323 Å². The second kappa shape index (κ2) is 12.9. The summed E-state index contributed by atoms with van der Waals surface area (Å²) in [5.74, 6) is 0. The van der Waals surface area contributed by atoms with Gasteiger partial charge in [0.25, 0.3) is 0 Å². The van der Waals surface area contributed by atoms with Crippen molar-refractivity contribution in [3.05, 3.63) is 200 Å². The number of hydrogen-bond acceptors (Lipinski definition) is 3. The number of benzene rings is 9. The molecule has 0 unspecified atom stereocenters. The molecule has 0 bridgehead atoms. The summed E-state index contributed by atoms with van der Waals surface area (Å²) < 4.78 is 6.34. The summed E-state index contributed by atoms with van der Waals surface area (Å²) in [4.78, 5) is 4.90. The molecule has 1 aliphatic rings. The summed E-state index contributed by atoms with van der Waals surface area (Å²) in [6.07, 6.45) is 0. The van der Waals surface area contributed by atoms with Gasteiger partial charge < -0.3 is 9.32 Å². The van der Waals surface area contributed by atoms with Crippen molar-refractivity contribution in [2.45, 2.75) is 9.79 Å². The number of hydrogen-bond donors (Lipinski definition) is 0. The predicted molar refractivity (Wildman–Crippen MR) is 232 cm³/mol. The zero-order chi connectivity index (χ0) is 36.3. The highest BCUT2D eigenvalue weighted by molar-refractivity contribution is 7.99. The molecule has 3 heteroatoms. The monoisotopic (exact) mass is 719 g/mol. The van der Waals surface area contributed by atoms with Crippen LogP contribution in [-0.2, 0) is 0 Å². The molecule has 0 spiro atoms. The molecular weight excluding hydrogens is 687 g/mol. The second-order valence-electron chi connectivity index (χ2n) is 14.1. The van der Waals surface area contributed by atoms with Gasteiger partial charge in [-0.1, -0.05) is 169 Å². The normalized spacial score (nSPS) is 12.3. The Balaban J connectivity index is 0.966. The van der Waals surface area contributed by atoms with Crippen LogP contribution in [0.15, 0.2) is 214 Å². The smallest absolute Gasteiger partial charge is 0.143 e. The molecule has 1 aromatic heterocycles. The lowest BCUT2D eigenvalue weighted by Crippen LogP contribution is -2.15. The van der Waals surface area contributed by atoms with Crippen LogP contribution >= 0.6 is 11.8 Å². The minimum atomic E-state index is 0.918. The fourth-order valence-corrected chi connectivity index (χ4v) is 9.30. The van der Waals surface area contributed by atoms with Crippen LogP contribution in [0.4, 0.5) is 17.1 Å². The Morgan fingerprint density at radius 3 is 1.71 bits per heavy atom. The fourth-order valence-electron chi connectivity index (χ4n) is 8.16. The molecule has 0 N–H and O–H groups in total. The maximum Gasteiger partial charge on any atom is 0.143 e. The van der Waals surface area contributed by atoms with E-state index >= 15 is 0 Å². The van der Waals surface area contributed by atoms with Crippen LogP contribution in [0, 0.1) is 0 Å². The van der Waals surface area contributed by atoms with Crippen molar-refractivity contribution < 1.29 is 4.42 Å². The van der Waals surface area contributed by atoms with E-state index in [1.165, 1.54) is 65.3 Å². The standard InChI is InChI=1S/C52H33NOS/c1-2-10-34(11-3-1)39-26-30-47-50(32-39)55-51-33-40(43-16-8-13-37-12-4-5-14-42(37)43)27-31-48(51)53(47)41-28-24-36(25-29-41)35-20-22-38(23-21-35)44-17-9-18-46-45-15-6-7-19-49(45)54-52(44)46/h1-33H. The van der Waals surface area contributed by atoms with Crippen LogP contribution < -0.4 is 4.90 Å². The molecule has 258 valence electrons. The molecule has 9 aromatic carbocycles. The Morgan fingerprint density at radius 1 is 0.364 bits per heavy atom. The van der Waals surface area contributed by atoms with Crippen molar-refractivity contribution in [1.29, 1.82) is 0 Å². The maximum atomic E-state index is 6.34. The Bertz CT molecular complexity index is 3050. The molecule has 2 nitrogen and oxygen atoms in total. The van der Waals surface area contributed by atoms with Gasteiger partial charge in [-0.25, -0.2) is 0 Å². The third kappa shape index (κ3) is 5.43. The molecule has 0 saturated heterocycles. The highest BCUT2D eigenvalue weighted by atomic mass is 32.2. The summed E-state index contributed by atoms with van der Waals surface area (Å²) in [7, 11) is 0. The number of furan rings is 1. The van der Waals surface area contributed by atoms with E-state index in [2.05, 4.69) is 193 Å². The summed E-state index contributed by atoms with van der Waals surface area (Å²) >= 11 is 1.86. The summed E-state index contributed by atoms with van der Waals surface area (Å²) in [5, 5.41) is 4.82. The first kappa shape index (κ1) is 31.7. The molecule has 0 amide bonds.